The highest BCUT2D eigenvalue weighted by molar-refractivity contribution is 4.99. The van der Waals surface area contributed by atoms with Gasteiger partial charge in [-0.05, 0) is 0 Å². The lowest BCUT2D eigenvalue weighted by Gasteiger charge is -1.69. The lowest BCUT2D eigenvalue weighted by molar-refractivity contribution is -0.445. The van der Waals surface area contributed by atoms with Crippen LogP contribution in [0, 0.1) is 10.1 Å². The highest BCUT2D eigenvalue weighted by Gasteiger charge is 1.58. The molecule has 0 aliphatic rings. The Morgan fingerprint density at radius 3 is 0.929 bits per heavy atom. The van der Waals surface area contributed by atoms with Crippen molar-refractivity contribution in [2.75, 3.05) is 7.05 Å². The lowest BCUT2D eigenvalue weighted by Crippen LogP contribution is -1.79. The Morgan fingerprint density at radius 1 is 0.786 bits per heavy atom. The molecule has 3 nitrogen and oxygen atoms in total. The molecule has 0 aliphatic carbocycles. The predicted octanol–water partition coefficient (Wildman–Crippen LogP) is 3.63. The van der Waals surface area contributed by atoms with Crippen molar-refractivity contribution in [3.05, 3.63) is 46.5 Å². The number of rotatable bonds is 0. The van der Waals surface area contributed by atoms with Crippen LogP contribution >= 0.6 is 0 Å². The molecule has 0 aromatic heterocycles. The normalized spacial score (nSPS) is 6.07. The van der Waals surface area contributed by atoms with Crippen LogP contribution in [0.4, 0.5) is 0 Å². The van der Waals surface area contributed by atoms with E-state index in [9.17, 15) is 0 Å². The fourth-order valence-electron chi connectivity index (χ4n) is 0.385. The van der Waals surface area contributed by atoms with Crippen molar-refractivity contribution < 1.29 is 4.92 Å². The Morgan fingerprint density at radius 2 is 0.857 bits per heavy atom. The average Bonchev–Trinajstić information content (AvgIpc) is 2.25. The van der Waals surface area contributed by atoms with E-state index in [-0.39, 0.29) is 0 Å². The van der Waals surface area contributed by atoms with Gasteiger partial charge in [0.15, 0.2) is 7.05 Å². The molecule has 0 radical (unpaired) electrons. The summed E-state index contributed by atoms with van der Waals surface area (Å²) in [5.41, 5.74) is 0. The third-order valence-electron chi connectivity index (χ3n) is 0.667. The topological polar surface area (TPSA) is 43.1 Å². The SMILES string of the molecule is CC.CC.C[N+](=O)[O-].c1ccccc1. The summed E-state index contributed by atoms with van der Waals surface area (Å²) in [5.74, 6) is 0. The second-order valence-corrected chi connectivity index (χ2v) is 1.59. The fourth-order valence-corrected chi connectivity index (χ4v) is 0.385. The smallest absolute Gasteiger partial charge is 0.194 e. The molecule has 0 N–H and O–H groups in total. The van der Waals surface area contributed by atoms with Crippen LogP contribution in [0.15, 0.2) is 36.4 Å². The Hall–Kier alpha value is -1.38. The van der Waals surface area contributed by atoms with E-state index in [4.69, 9.17) is 10.1 Å². The minimum atomic E-state index is -0.500. The van der Waals surface area contributed by atoms with Crippen molar-refractivity contribution in [1.82, 2.24) is 0 Å². The molecule has 0 bridgehead atoms. The Bertz CT molecular complexity index is 145. The van der Waals surface area contributed by atoms with E-state index in [1.807, 2.05) is 64.1 Å². The summed E-state index contributed by atoms with van der Waals surface area (Å²) in [6.07, 6.45) is 0. The van der Waals surface area contributed by atoms with Crippen molar-refractivity contribution in [2.45, 2.75) is 27.7 Å². The van der Waals surface area contributed by atoms with Crippen LogP contribution in [0.25, 0.3) is 0 Å². The Balaban J connectivity index is -0.000000134. The molecule has 0 saturated heterocycles. The summed E-state index contributed by atoms with van der Waals surface area (Å²) >= 11 is 0. The quantitative estimate of drug-likeness (QED) is 0.473. The molecule has 3 heteroatoms. The Kier molecular flexibility index (Phi) is 29.7. The first-order valence-electron chi connectivity index (χ1n) is 4.81. The van der Waals surface area contributed by atoms with Crippen molar-refractivity contribution in [3.63, 3.8) is 0 Å². The largest absolute Gasteiger partial charge is 0.265 e. The van der Waals surface area contributed by atoms with Crippen molar-refractivity contribution in [3.8, 4) is 0 Å². The summed E-state index contributed by atoms with van der Waals surface area (Å²) < 4.78 is 0. The second kappa shape index (κ2) is 22.6. The first kappa shape index (κ1) is 18.4. The standard InChI is InChI=1S/C6H6.2C2H6.CH3NO2/c1-2-4-6-5-3-1;2*1-2;1-2(3)4/h1-6H;2*1-2H3;1H3. The zero-order valence-electron chi connectivity index (χ0n) is 9.73. The third kappa shape index (κ3) is 46.0. The van der Waals surface area contributed by atoms with Crippen LogP contribution < -0.4 is 0 Å². The van der Waals surface area contributed by atoms with Gasteiger partial charge in [0.25, 0.3) is 0 Å². The summed E-state index contributed by atoms with van der Waals surface area (Å²) in [7, 11) is 0.889. The zero-order chi connectivity index (χ0) is 11.8. The van der Waals surface area contributed by atoms with Crippen molar-refractivity contribution in [1.29, 1.82) is 0 Å². The summed E-state index contributed by atoms with van der Waals surface area (Å²) in [6.45, 7) is 8.00. The van der Waals surface area contributed by atoms with Crippen LogP contribution in [0.2, 0.25) is 0 Å². The van der Waals surface area contributed by atoms with Gasteiger partial charge in [-0.15, -0.1) is 0 Å². The minimum Gasteiger partial charge on any atom is -0.265 e. The van der Waals surface area contributed by atoms with Crippen LogP contribution in [-0.4, -0.2) is 12.0 Å². The highest BCUT2D eigenvalue weighted by Crippen LogP contribution is 1.79. The van der Waals surface area contributed by atoms with E-state index >= 15 is 0 Å². The molecule has 0 aliphatic heterocycles. The van der Waals surface area contributed by atoms with Crippen molar-refractivity contribution in [2.24, 2.45) is 0 Å². The number of hydrogen-bond donors (Lipinski definition) is 0. The van der Waals surface area contributed by atoms with E-state index in [1.165, 1.54) is 0 Å². The number of benzene rings is 1. The third-order valence-corrected chi connectivity index (χ3v) is 0.667. The molecule has 0 saturated carbocycles. The molecule has 1 aromatic carbocycles. The fraction of sp³-hybridized carbons (Fsp3) is 0.455. The van der Waals surface area contributed by atoms with E-state index in [1.54, 1.807) is 0 Å². The van der Waals surface area contributed by atoms with Crippen molar-refractivity contribution >= 4 is 0 Å². The lowest BCUT2D eigenvalue weighted by atomic mass is 10.4. The van der Waals surface area contributed by atoms with Crippen LogP contribution in [0.5, 0.6) is 0 Å². The Labute approximate surface area is 86.9 Å². The molecule has 1 aromatic rings. The number of nitro groups is 1. The molecule has 0 heterocycles. The maximum atomic E-state index is 8.81. The van der Waals surface area contributed by atoms with Gasteiger partial charge in [-0.25, -0.2) is 0 Å². The molecule has 0 spiro atoms. The molecule has 0 fully saturated rings. The zero-order valence-corrected chi connectivity index (χ0v) is 9.73. The van der Waals surface area contributed by atoms with Gasteiger partial charge >= 0.3 is 0 Å². The van der Waals surface area contributed by atoms with E-state index in [0.29, 0.717) is 0 Å². The van der Waals surface area contributed by atoms with Gasteiger partial charge in [-0.1, -0.05) is 64.1 Å². The highest BCUT2D eigenvalue weighted by atomic mass is 16.6. The minimum absolute atomic E-state index is 0.500. The summed E-state index contributed by atoms with van der Waals surface area (Å²) in [5, 5.41) is 8.81. The molecule has 14 heavy (non-hydrogen) atoms. The summed E-state index contributed by atoms with van der Waals surface area (Å²) in [6, 6.07) is 12.0. The van der Waals surface area contributed by atoms with E-state index < -0.39 is 4.92 Å². The summed E-state index contributed by atoms with van der Waals surface area (Å²) in [4.78, 5) is 8.31. The van der Waals surface area contributed by atoms with Gasteiger partial charge in [0.2, 0.25) is 0 Å². The monoisotopic (exact) mass is 199 g/mol. The van der Waals surface area contributed by atoms with Gasteiger partial charge in [-0.2, -0.15) is 0 Å². The van der Waals surface area contributed by atoms with E-state index in [0.717, 1.165) is 7.05 Å². The van der Waals surface area contributed by atoms with Crippen LogP contribution in [0.1, 0.15) is 27.7 Å². The first-order valence-corrected chi connectivity index (χ1v) is 4.81. The van der Waals surface area contributed by atoms with Crippen LogP contribution in [-0.2, 0) is 0 Å². The molecule has 1 rings (SSSR count). The van der Waals surface area contributed by atoms with Gasteiger partial charge in [0.1, 0.15) is 0 Å². The molecule has 0 unspecified atom stereocenters. The molecule has 0 atom stereocenters. The number of nitrogens with zero attached hydrogens (tertiary/aromatic N) is 1. The molecular formula is C11H21NO2. The van der Waals surface area contributed by atoms with Gasteiger partial charge in [0, 0.05) is 4.92 Å². The average molecular weight is 199 g/mol. The first-order chi connectivity index (χ1) is 6.73. The molecular weight excluding hydrogens is 178 g/mol. The molecule has 82 valence electrons. The van der Waals surface area contributed by atoms with Gasteiger partial charge < -0.3 is 0 Å². The van der Waals surface area contributed by atoms with E-state index in [2.05, 4.69) is 0 Å². The maximum Gasteiger partial charge on any atom is 0.194 e. The maximum absolute atomic E-state index is 8.81. The number of hydrogen-bond acceptors (Lipinski definition) is 2. The van der Waals surface area contributed by atoms with Gasteiger partial charge in [-0.3, -0.25) is 10.1 Å². The van der Waals surface area contributed by atoms with Gasteiger partial charge in [0.05, 0.1) is 0 Å². The van der Waals surface area contributed by atoms with Crippen LogP contribution in [0.3, 0.4) is 0 Å². The second-order valence-electron chi connectivity index (χ2n) is 1.59. The predicted molar refractivity (Wildman–Crippen MR) is 62.1 cm³/mol. The molecule has 0 amide bonds.